The number of hydrogen-bond acceptors (Lipinski definition) is 2. The lowest BCUT2D eigenvalue weighted by Gasteiger charge is -2.29. The van der Waals surface area contributed by atoms with Gasteiger partial charge in [-0.15, -0.1) is 0 Å². The van der Waals surface area contributed by atoms with Gasteiger partial charge in [-0.3, -0.25) is 4.68 Å². The first-order valence-electron chi connectivity index (χ1n) is 5.47. The second-order valence-electron chi connectivity index (χ2n) is 4.33. The predicted octanol–water partition coefficient (Wildman–Crippen LogP) is 1.35. The minimum atomic E-state index is 0.644. The monoisotopic (exact) mass is 193 g/mol. The molecule has 2 rings (SSSR count). The Morgan fingerprint density at radius 1 is 1.64 bits per heavy atom. The van der Waals surface area contributed by atoms with E-state index < -0.39 is 0 Å². The maximum Gasteiger partial charge on any atom is 0.0627 e. The molecule has 1 aromatic heterocycles. The van der Waals surface area contributed by atoms with Crippen LogP contribution < -0.4 is 5.32 Å². The van der Waals surface area contributed by atoms with Gasteiger partial charge in [0, 0.05) is 19.3 Å². The Hall–Kier alpha value is -0.830. The number of rotatable bonds is 2. The number of hydrogen-bond donors (Lipinski definition) is 1. The average molecular weight is 193 g/mol. The Morgan fingerprint density at radius 3 is 3.14 bits per heavy atom. The second-order valence-corrected chi connectivity index (χ2v) is 4.33. The molecule has 0 radical (unpaired) electrons. The number of aryl methyl sites for hydroxylation is 1. The van der Waals surface area contributed by atoms with Crippen LogP contribution in [0.2, 0.25) is 0 Å². The van der Waals surface area contributed by atoms with E-state index in [9.17, 15) is 0 Å². The van der Waals surface area contributed by atoms with Crippen LogP contribution in [0.25, 0.3) is 0 Å². The van der Waals surface area contributed by atoms with Crippen molar-refractivity contribution in [1.82, 2.24) is 15.1 Å². The smallest absolute Gasteiger partial charge is 0.0627 e. The second kappa shape index (κ2) is 4.13. The van der Waals surface area contributed by atoms with Crippen molar-refractivity contribution in [2.24, 2.45) is 13.0 Å². The van der Waals surface area contributed by atoms with Crippen molar-refractivity contribution in [3.05, 3.63) is 18.0 Å². The van der Waals surface area contributed by atoms with Crippen LogP contribution in [0.4, 0.5) is 0 Å². The number of aromatic nitrogens is 2. The molecule has 0 amide bonds. The van der Waals surface area contributed by atoms with Crippen molar-refractivity contribution in [1.29, 1.82) is 0 Å². The Kier molecular flexibility index (Phi) is 2.87. The van der Waals surface area contributed by atoms with E-state index in [0.717, 1.165) is 12.3 Å². The molecule has 3 heteroatoms. The van der Waals surface area contributed by atoms with E-state index >= 15 is 0 Å². The maximum absolute atomic E-state index is 4.43. The van der Waals surface area contributed by atoms with Crippen molar-refractivity contribution in [3.63, 3.8) is 0 Å². The molecule has 14 heavy (non-hydrogen) atoms. The third kappa shape index (κ3) is 2.15. The highest BCUT2D eigenvalue weighted by Gasteiger charge is 2.21. The molecule has 0 saturated carbocycles. The Morgan fingerprint density at radius 2 is 2.50 bits per heavy atom. The summed E-state index contributed by atoms with van der Waals surface area (Å²) >= 11 is 0. The van der Waals surface area contributed by atoms with E-state index in [0.29, 0.717) is 6.04 Å². The predicted molar refractivity (Wildman–Crippen MR) is 57.1 cm³/mol. The summed E-state index contributed by atoms with van der Waals surface area (Å²) in [5.41, 5.74) is 1.23. The van der Waals surface area contributed by atoms with Crippen molar-refractivity contribution in [2.75, 3.05) is 6.54 Å². The lowest BCUT2D eigenvalue weighted by atomic mass is 9.88. The van der Waals surface area contributed by atoms with Gasteiger partial charge in [-0.2, -0.15) is 5.10 Å². The lowest BCUT2D eigenvalue weighted by Crippen LogP contribution is -2.39. The molecule has 1 fully saturated rings. The number of piperidine rings is 1. The fourth-order valence-electron chi connectivity index (χ4n) is 2.23. The van der Waals surface area contributed by atoms with E-state index in [4.69, 9.17) is 0 Å². The number of nitrogens with zero attached hydrogens (tertiary/aromatic N) is 2. The van der Waals surface area contributed by atoms with Gasteiger partial charge in [0.1, 0.15) is 0 Å². The van der Waals surface area contributed by atoms with Gasteiger partial charge < -0.3 is 5.32 Å². The molecule has 1 aliphatic heterocycles. The zero-order valence-corrected chi connectivity index (χ0v) is 9.03. The first kappa shape index (κ1) is 9.71. The van der Waals surface area contributed by atoms with E-state index in [2.05, 4.69) is 23.4 Å². The molecule has 2 atom stereocenters. The minimum Gasteiger partial charge on any atom is -0.314 e. The summed E-state index contributed by atoms with van der Waals surface area (Å²) in [6, 6.07) is 2.77. The summed E-state index contributed by atoms with van der Waals surface area (Å²) in [5, 5.41) is 7.95. The van der Waals surface area contributed by atoms with Crippen LogP contribution in [0.3, 0.4) is 0 Å². The molecule has 78 valence electrons. The average Bonchev–Trinajstić information content (AvgIpc) is 2.56. The highest BCUT2D eigenvalue weighted by Crippen LogP contribution is 2.20. The van der Waals surface area contributed by atoms with Gasteiger partial charge in [-0.25, -0.2) is 0 Å². The van der Waals surface area contributed by atoms with E-state index in [1.54, 1.807) is 0 Å². The Labute approximate surface area is 85.5 Å². The normalized spacial score (nSPS) is 27.9. The zero-order chi connectivity index (χ0) is 9.97. The first-order chi connectivity index (χ1) is 6.75. The molecule has 1 aliphatic rings. The van der Waals surface area contributed by atoms with Gasteiger partial charge in [0.15, 0.2) is 0 Å². The Balaban J connectivity index is 1.95. The van der Waals surface area contributed by atoms with Crippen LogP contribution in [0, 0.1) is 5.92 Å². The summed E-state index contributed by atoms with van der Waals surface area (Å²) in [5.74, 6) is 0.763. The molecule has 2 unspecified atom stereocenters. The van der Waals surface area contributed by atoms with Crippen LogP contribution in [-0.4, -0.2) is 22.4 Å². The fourth-order valence-corrected chi connectivity index (χ4v) is 2.23. The van der Waals surface area contributed by atoms with Crippen LogP contribution in [0.15, 0.2) is 12.3 Å². The van der Waals surface area contributed by atoms with Gasteiger partial charge in [0.05, 0.1) is 5.69 Å². The molecule has 0 spiro atoms. The van der Waals surface area contributed by atoms with Crippen molar-refractivity contribution >= 4 is 0 Å². The zero-order valence-electron chi connectivity index (χ0n) is 9.03. The molecule has 1 N–H and O–H groups in total. The summed E-state index contributed by atoms with van der Waals surface area (Å²) in [6.07, 6.45) is 5.79. The van der Waals surface area contributed by atoms with Crippen LogP contribution >= 0.6 is 0 Å². The minimum absolute atomic E-state index is 0.644. The summed E-state index contributed by atoms with van der Waals surface area (Å²) < 4.78 is 1.89. The maximum atomic E-state index is 4.43. The van der Waals surface area contributed by atoms with Gasteiger partial charge >= 0.3 is 0 Å². The van der Waals surface area contributed by atoms with E-state index in [1.807, 2.05) is 17.9 Å². The molecule has 2 heterocycles. The van der Waals surface area contributed by atoms with Gasteiger partial charge in [0.2, 0.25) is 0 Å². The van der Waals surface area contributed by atoms with Gasteiger partial charge in [0.25, 0.3) is 0 Å². The highest BCUT2D eigenvalue weighted by atomic mass is 15.2. The fraction of sp³-hybridized carbons (Fsp3) is 0.727. The van der Waals surface area contributed by atoms with Crippen molar-refractivity contribution < 1.29 is 0 Å². The van der Waals surface area contributed by atoms with Crippen molar-refractivity contribution in [3.8, 4) is 0 Å². The van der Waals surface area contributed by atoms with Crippen LogP contribution in [0.5, 0.6) is 0 Å². The van der Waals surface area contributed by atoms with E-state index in [1.165, 1.54) is 25.1 Å². The summed E-state index contributed by atoms with van der Waals surface area (Å²) in [6.45, 7) is 3.46. The quantitative estimate of drug-likeness (QED) is 0.768. The van der Waals surface area contributed by atoms with Crippen molar-refractivity contribution in [2.45, 2.75) is 32.2 Å². The van der Waals surface area contributed by atoms with Crippen LogP contribution in [0.1, 0.15) is 25.5 Å². The number of nitrogens with one attached hydrogen (secondary N) is 1. The molecule has 0 bridgehead atoms. The van der Waals surface area contributed by atoms with Gasteiger partial charge in [-0.1, -0.05) is 0 Å². The molecule has 1 saturated heterocycles. The molecule has 0 aliphatic carbocycles. The molecule has 0 aromatic carbocycles. The molecular weight excluding hydrogens is 174 g/mol. The summed E-state index contributed by atoms with van der Waals surface area (Å²) in [7, 11) is 1.98. The van der Waals surface area contributed by atoms with Crippen LogP contribution in [-0.2, 0) is 13.5 Å². The largest absolute Gasteiger partial charge is 0.314 e. The lowest BCUT2D eigenvalue weighted by molar-refractivity contribution is 0.293. The third-order valence-electron chi connectivity index (χ3n) is 3.17. The molecular formula is C11H19N3. The van der Waals surface area contributed by atoms with Gasteiger partial charge in [-0.05, 0) is 44.7 Å². The Bertz CT molecular complexity index is 292. The molecule has 3 nitrogen and oxygen atoms in total. The standard InChI is InChI=1S/C11H19N3/c1-9-10(4-3-6-12-9)8-11-5-7-14(2)13-11/h5,7,9-10,12H,3-4,6,8H2,1-2H3. The highest BCUT2D eigenvalue weighted by molar-refractivity contribution is 5.01. The first-order valence-corrected chi connectivity index (χ1v) is 5.47. The third-order valence-corrected chi connectivity index (χ3v) is 3.17. The van der Waals surface area contributed by atoms with E-state index in [-0.39, 0.29) is 0 Å². The topological polar surface area (TPSA) is 29.9 Å². The summed E-state index contributed by atoms with van der Waals surface area (Å²) in [4.78, 5) is 0. The molecule has 1 aromatic rings. The SMILES string of the molecule is CC1NCCCC1Cc1ccn(C)n1.